The number of carboxylic acid groups (broad SMARTS) is 1. The van der Waals surface area contributed by atoms with Crippen LogP contribution < -0.4 is 0 Å². The van der Waals surface area contributed by atoms with Gasteiger partial charge in [0.15, 0.2) is 0 Å². The fourth-order valence-corrected chi connectivity index (χ4v) is 6.34. The topological polar surface area (TPSA) is 81.1 Å². The lowest BCUT2D eigenvalue weighted by Crippen LogP contribution is -2.11. The summed E-state index contributed by atoms with van der Waals surface area (Å²) < 4.78 is 49.1. The maximum atomic E-state index is 13.9. The number of rotatable bonds is 5. The van der Waals surface area contributed by atoms with E-state index in [4.69, 9.17) is 16.1 Å². The molecule has 2 aliphatic rings. The van der Waals surface area contributed by atoms with Crippen LogP contribution in [0.15, 0.2) is 40.9 Å². The number of alkyl halides is 3. The van der Waals surface area contributed by atoms with E-state index in [1.807, 2.05) is 10.6 Å². The highest BCUT2D eigenvalue weighted by Gasteiger charge is 2.37. The van der Waals surface area contributed by atoms with E-state index < -0.39 is 17.7 Å². The van der Waals surface area contributed by atoms with E-state index in [1.54, 1.807) is 24.3 Å². The fourth-order valence-electron chi connectivity index (χ4n) is 5.93. The highest BCUT2D eigenvalue weighted by molar-refractivity contribution is 6.36. The van der Waals surface area contributed by atoms with E-state index >= 15 is 0 Å². The Balaban J connectivity index is 1.35. The second-order valence-electron chi connectivity index (χ2n) is 9.87. The van der Waals surface area contributed by atoms with E-state index in [-0.39, 0.29) is 35.5 Å². The van der Waals surface area contributed by atoms with Crippen LogP contribution in [0.4, 0.5) is 13.2 Å². The minimum absolute atomic E-state index is 0.00515. The Kier molecular flexibility index (Phi) is 5.78. The molecule has 2 aromatic heterocycles. The van der Waals surface area contributed by atoms with Crippen LogP contribution in [0.25, 0.3) is 33.7 Å². The molecule has 37 heavy (non-hydrogen) atoms. The maximum absolute atomic E-state index is 13.9. The predicted molar refractivity (Wildman–Crippen MR) is 131 cm³/mol. The van der Waals surface area contributed by atoms with Crippen LogP contribution in [0.2, 0.25) is 5.02 Å². The summed E-state index contributed by atoms with van der Waals surface area (Å²) in [6.45, 7) is 0.681. The van der Waals surface area contributed by atoms with Crippen LogP contribution in [0, 0.1) is 0 Å². The molecule has 192 valence electrons. The number of fused-ring (bicyclic) bond motifs is 3. The minimum Gasteiger partial charge on any atom is -0.481 e. The van der Waals surface area contributed by atoms with Crippen molar-refractivity contribution in [2.24, 2.45) is 0 Å². The Bertz CT molecular complexity index is 1520. The number of aliphatic carboxylic acids is 1. The van der Waals surface area contributed by atoms with Crippen molar-refractivity contribution in [1.29, 1.82) is 0 Å². The van der Waals surface area contributed by atoms with Crippen molar-refractivity contribution in [3.63, 3.8) is 0 Å². The molecule has 0 amide bonds. The van der Waals surface area contributed by atoms with Crippen molar-refractivity contribution in [1.82, 2.24) is 14.7 Å². The van der Waals surface area contributed by atoms with Crippen LogP contribution >= 0.6 is 11.6 Å². The zero-order chi connectivity index (χ0) is 25.9. The second kappa shape index (κ2) is 8.90. The molecular weight excluding hydrogens is 507 g/mol. The number of hydrogen-bond donors (Lipinski definition) is 1. The molecular formula is C27H23ClF3N3O3. The molecule has 1 N–H and O–H groups in total. The lowest BCUT2D eigenvalue weighted by Gasteiger charge is -2.18. The molecule has 10 heteroatoms. The number of halogens is 4. The van der Waals surface area contributed by atoms with Gasteiger partial charge in [0.2, 0.25) is 5.82 Å². The molecule has 6 rings (SSSR count). The largest absolute Gasteiger partial charge is 0.481 e. The molecule has 1 unspecified atom stereocenters. The van der Waals surface area contributed by atoms with Crippen molar-refractivity contribution in [3.05, 3.63) is 58.2 Å². The second-order valence-corrected chi connectivity index (χ2v) is 10.2. The fraction of sp³-hybridized carbons (Fsp3) is 0.370. The first kappa shape index (κ1) is 24.0. The quantitative estimate of drug-likeness (QED) is 0.287. The van der Waals surface area contributed by atoms with Gasteiger partial charge in [-0.1, -0.05) is 35.7 Å². The molecule has 0 saturated heterocycles. The Labute approximate surface area is 215 Å². The summed E-state index contributed by atoms with van der Waals surface area (Å²) in [4.78, 5) is 15.7. The SMILES string of the molecule is O=C(O)CC1CCn2c1c(Cl)c1cc(-c3noc(-c4ccc(C5CCCC5)c(C(F)(F)F)c4)n3)ccc12. The summed E-state index contributed by atoms with van der Waals surface area (Å²) in [6, 6.07) is 9.74. The standard InChI is InChI=1S/C27H23ClF3N3O3/c28-23-19-11-16(6-8-21(19)34-10-9-15(24(23)34)13-22(35)36)25-32-26(37-33-25)17-5-7-18(14-3-1-2-4-14)20(12-17)27(29,30)31/h5-8,11-12,14-15H,1-4,9-10,13H2,(H,35,36). The average molecular weight is 530 g/mol. The van der Waals surface area contributed by atoms with Gasteiger partial charge in [0.1, 0.15) is 0 Å². The Morgan fingerprint density at radius 2 is 1.86 bits per heavy atom. The highest BCUT2D eigenvalue weighted by atomic mass is 35.5. The summed E-state index contributed by atoms with van der Waals surface area (Å²) in [7, 11) is 0. The number of hydrogen-bond acceptors (Lipinski definition) is 4. The first-order chi connectivity index (χ1) is 17.7. The van der Waals surface area contributed by atoms with Crippen molar-refractivity contribution < 1.29 is 27.6 Å². The molecule has 3 heterocycles. The Morgan fingerprint density at radius 3 is 2.59 bits per heavy atom. The molecule has 1 saturated carbocycles. The molecule has 6 nitrogen and oxygen atoms in total. The lowest BCUT2D eigenvalue weighted by molar-refractivity contribution is -0.138. The maximum Gasteiger partial charge on any atom is 0.416 e. The van der Waals surface area contributed by atoms with E-state index in [0.29, 0.717) is 29.1 Å². The van der Waals surface area contributed by atoms with Crippen LogP contribution in [-0.2, 0) is 17.5 Å². The van der Waals surface area contributed by atoms with E-state index in [9.17, 15) is 23.1 Å². The predicted octanol–water partition coefficient (Wildman–Crippen LogP) is 7.65. The Morgan fingerprint density at radius 1 is 1.11 bits per heavy atom. The first-order valence-corrected chi connectivity index (χ1v) is 12.7. The van der Waals surface area contributed by atoms with E-state index in [1.165, 1.54) is 0 Å². The number of carboxylic acids is 1. The van der Waals surface area contributed by atoms with Crippen molar-refractivity contribution in [2.45, 2.75) is 63.1 Å². The number of benzene rings is 2. The molecule has 2 aromatic carbocycles. The third kappa shape index (κ3) is 4.19. The van der Waals surface area contributed by atoms with Gasteiger partial charge in [-0.15, -0.1) is 0 Å². The molecule has 1 atom stereocenters. The summed E-state index contributed by atoms with van der Waals surface area (Å²) in [5, 5.41) is 14.5. The van der Waals surface area contributed by atoms with Gasteiger partial charge in [-0.3, -0.25) is 4.79 Å². The van der Waals surface area contributed by atoms with Crippen LogP contribution in [-0.4, -0.2) is 25.8 Å². The number of carbonyl (C=O) groups is 1. The number of aromatic nitrogens is 3. The van der Waals surface area contributed by atoms with Gasteiger partial charge in [0.05, 0.1) is 17.0 Å². The van der Waals surface area contributed by atoms with Crippen molar-refractivity contribution in [3.8, 4) is 22.8 Å². The summed E-state index contributed by atoms with van der Waals surface area (Å²) in [5.41, 5.74) is 2.19. The average Bonchev–Trinajstić information content (AvgIpc) is 3.65. The smallest absolute Gasteiger partial charge is 0.416 e. The molecule has 1 fully saturated rings. The van der Waals surface area contributed by atoms with Gasteiger partial charge >= 0.3 is 12.1 Å². The van der Waals surface area contributed by atoms with Crippen LogP contribution in [0.1, 0.15) is 67.2 Å². The van der Waals surface area contributed by atoms with Gasteiger partial charge in [0, 0.05) is 40.2 Å². The van der Waals surface area contributed by atoms with Gasteiger partial charge in [-0.2, -0.15) is 18.2 Å². The van der Waals surface area contributed by atoms with E-state index in [2.05, 4.69) is 10.1 Å². The minimum atomic E-state index is -4.48. The third-order valence-corrected chi connectivity index (χ3v) is 8.03. The molecule has 0 radical (unpaired) electrons. The normalized spacial score (nSPS) is 18.1. The number of aryl methyl sites for hydroxylation is 1. The molecule has 4 aromatic rings. The van der Waals surface area contributed by atoms with Gasteiger partial charge in [0.25, 0.3) is 5.89 Å². The zero-order valence-electron chi connectivity index (χ0n) is 19.7. The summed E-state index contributed by atoms with van der Waals surface area (Å²) >= 11 is 6.69. The van der Waals surface area contributed by atoms with Gasteiger partial charge < -0.3 is 14.2 Å². The molecule has 1 aliphatic heterocycles. The summed E-state index contributed by atoms with van der Waals surface area (Å²) in [6.07, 6.45) is -0.347. The van der Waals surface area contributed by atoms with Crippen molar-refractivity contribution in [2.75, 3.05) is 0 Å². The van der Waals surface area contributed by atoms with Crippen LogP contribution in [0.5, 0.6) is 0 Å². The highest BCUT2D eigenvalue weighted by Crippen LogP contribution is 2.45. The molecule has 0 spiro atoms. The first-order valence-electron chi connectivity index (χ1n) is 12.3. The summed E-state index contributed by atoms with van der Waals surface area (Å²) in [5.74, 6) is -0.877. The zero-order valence-corrected chi connectivity index (χ0v) is 20.4. The third-order valence-electron chi connectivity index (χ3n) is 7.63. The Hall–Kier alpha value is -3.33. The van der Waals surface area contributed by atoms with Gasteiger partial charge in [-0.05, 0) is 61.1 Å². The van der Waals surface area contributed by atoms with Crippen molar-refractivity contribution >= 4 is 28.5 Å². The van der Waals surface area contributed by atoms with Crippen LogP contribution in [0.3, 0.4) is 0 Å². The molecule has 0 bridgehead atoms. The van der Waals surface area contributed by atoms with Gasteiger partial charge in [-0.25, -0.2) is 0 Å². The number of nitrogens with zero attached hydrogens (tertiary/aromatic N) is 3. The van der Waals surface area contributed by atoms with E-state index in [0.717, 1.165) is 48.3 Å². The lowest BCUT2D eigenvalue weighted by atomic mass is 9.91. The molecule has 1 aliphatic carbocycles. The monoisotopic (exact) mass is 529 g/mol.